The number of rotatable bonds is 7. The summed E-state index contributed by atoms with van der Waals surface area (Å²) in [6.45, 7) is 8.77. The van der Waals surface area contributed by atoms with Gasteiger partial charge < -0.3 is 15.0 Å². The summed E-state index contributed by atoms with van der Waals surface area (Å²) in [5, 5.41) is 3.00. The Morgan fingerprint density at radius 3 is 2.50 bits per heavy atom. The highest BCUT2D eigenvalue weighted by Gasteiger charge is 2.40. The van der Waals surface area contributed by atoms with Gasteiger partial charge in [-0.2, -0.15) is 0 Å². The van der Waals surface area contributed by atoms with E-state index in [1.165, 1.54) is 12.8 Å². The number of amides is 1. The predicted molar refractivity (Wildman–Crippen MR) is 79.7 cm³/mol. The van der Waals surface area contributed by atoms with Gasteiger partial charge in [0.15, 0.2) is 0 Å². The summed E-state index contributed by atoms with van der Waals surface area (Å²) < 4.78 is 5.12. The zero-order chi connectivity index (χ0) is 14.5. The number of hydrogen-bond acceptors (Lipinski definition) is 4. The van der Waals surface area contributed by atoms with E-state index in [4.69, 9.17) is 4.74 Å². The molecule has 2 saturated heterocycles. The van der Waals surface area contributed by atoms with Gasteiger partial charge >= 0.3 is 0 Å². The maximum atomic E-state index is 12.0. The molecule has 0 aliphatic carbocycles. The van der Waals surface area contributed by atoms with Gasteiger partial charge in [-0.25, -0.2) is 0 Å². The molecule has 0 aromatic heterocycles. The number of fused-ring (bicyclic) bond motifs is 2. The van der Waals surface area contributed by atoms with E-state index >= 15 is 0 Å². The Morgan fingerprint density at radius 2 is 1.95 bits per heavy atom. The van der Waals surface area contributed by atoms with Crippen LogP contribution in [0.15, 0.2) is 0 Å². The number of carbonyl (C=O) groups excluding carboxylic acids is 1. The predicted octanol–water partition coefficient (Wildman–Crippen LogP) is 0.696. The average molecular weight is 283 g/mol. The van der Waals surface area contributed by atoms with Crippen molar-refractivity contribution in [3.05, 3.63) is 0 Å². The van der Waals surface area contributed by atoms with Gasteiger partial charge in [-0.1, -0.05) is 0 Å². The molecular formula is C15H29N3O2. The zero-order valence-corrected chi connectivity index (χ0v) is 13.1. The molecule has 1 amide bonds. The Bertz CT molecular complexity index is 308. The smallest absolute Gasteiger partial charge is 0.234 e. The first-order valence-electron chi connectivity index (χ1n) is 7.86. The molecule has 5 nitrogen and oxygen atoms in total. The third kappa shape index (κ3) is 4.17. The fourth-order valence-electron chi connectivity index (χ4n) is 3.48. The molecule has 0 aromatic carbocycles. The third-order valence-electron chi connectivity index (χ3n) is 4.31. The van der Waals surface area contributed by atoms with E-state index in [0.29, 0.717) is 18.6 Å². The molecule has 116 valence electrons. The molecule has 0 radical (unpaired) electrons. The molecule has 2 rings (SSSR count). The van der Waals surface area contributed by atoms with E-state index in [9.17, 15) is 4.79 Å². The Labute approximate surface area is 122 Å². The lowest BCUT2D eigenvalue weighted by Crippen LogP contribution is -2.56. The van der Waals surface area contributed by atoms with E-state index in [2.05, 4.69) is 15.1 Å². The number of nitrogens with zero attached hydrogens (tertiary/aromatic N) is 2. The van der Waals surface area contributed by atoms with Gasteiger partial charge in [0.25, 0.3) is 0 Å². The van der Waals surface area contributed by atoms with Crippen LogP contribution in [0.2, 0.25) is 0 Å². The lowest BCUT2D eigenvalue weighted by molar-refractivity contribution is -0.124. The van der Waals surface area contributed by atoms with E-state index < -0.39 is 0 Å². The Balaban J connectivity index is 1.79. The molecule has 2 heterocycles. The maximum absolute atomic E-state index is 12.0. The molecule has 2 bridgehead atoms. The van der Waals surface area contributed by atoms with Crippen LogP contribution in [0.1, 0.15) is 33.1 Å². The topological polar surface area (TPSA) is 44.8 Å². The van der Waals surface area contributed by atoms with Crippen LogP contribution in [0, 0.1) is 0 Å². The number of likely N-dealkylation sites (tertiary alicyclic amines) is 1. The van der Waals surface area contributed by atoms with Crippen LogP contribution in [0.5, 0.6) is 0 Å². The van der Waals surface area contributed by atoms with Crippen molar-refractivity contribution in [3.63, 3.8) is 0 Å². The van der Waals surface area contributed by atoms with Crippen LogP contribution in [0.4, 0.5) is 0 Å². The molecule has 0 aromatic rings. The van der Waals surface area contributed by atoms with Crippen molar-refractivity contribution in [2.45, 2.75) is 51.2 Å². The first-order chi connectivity index (χ1) is 9.60. The highest BCUT2D eigenvalue weighted by atomic mass is 16.5. The highest BCUT2D eigenvalue weighted by Crippen LogP contribution is 2.29. The van der Waals surface area contributed by atoms with Gasteiger partial charge in [-0.05, 0) is 33.1 Å². The summed E-state index contributed by atoms with van der Waals surface area (Å²) in [6.07, 6.45) is 3.57. The normalized spacial score (nSPS) is 27.2. The molecule has 2 fully saturated rings. The summed E-state index contributed by atoms with van der Waals surface area (Å²) in [5.74, 6) is 0.171. The van der Waals surface area contributed by atoms with Crippen molar-refractivity contribution in [1.82, 2.24) is 15.1 Å². The minimum atomic E-state index is 0.171. The first kappa shape index (κ1) is 15.7. The molecule has 20 heavy (non-hydrogen) atoms. The number of hydrogen-bond donors (Lipinski definition) is 1. The molecule has 0 spiro atoms. The molecule has 2 aliphatic heterocycles. The molecule has 0 unspecified atom stereocenters. The lowest BCUT2D eigenvalue weighted by Gasteiger charge is -2.40. The number of carbonyl (C=O) groups is 1. The van der Waals surface area contributed by atoms with E-state index in [-0.39, 0.29) is 11.9 Å². The van der Waals surface area contributed by atoms with Crippen molar-refractivity contribution in [3.8, 4) is 0 Å². The van der Waals surface area contributed by atoms with Gasteiger partial charge in [0, 0.05) is 51.5 Å². The molecule has 2 atom stereocenters. The van der Waals surface area contributed by atoms with Crippen molar-refractivity contribution in [2.75, 3.05) is 39.9 Å². The van der Waals surface area contributed by atoms with Crippen molar-refractivity contribution >= 4 is 5.91 Å². The summed E-state index contributed by atoms with van der Waals surface area (Å²) in [4.78, 5) is 16.9. The number of ether oxygens (including phenoxy) is 1. The number of methoxy groups -OCH3 is 1. The minimum absolute atomic E-state index is 0.171. The minimum Gasteiger partial charge on any atom is -0.385 e. The third-order valence-corrected chi connectivity index (χ3v) is 4.31. The van der Waals surface area contributed by atoms with Crippen molar-refractivity contribution in [1.29, 1.82) is 0 Å². The average Bonchev–Trinajstić information content (AvgIpc) is 2.61. The van der Waals surface area contributed by atoms with E-state index in [1.807, 2.05) is 13.8 Å². The van der Waals surface area contributed by atoms with Crippen LogP contribution in [-0.4, -0.2) is 73.7 Å². The Hall–Kier alpha value is -0.650. The van der Waals surface area contributed by atoms with E-state index in [0.717, 1.165) is 32.7 Å². The number of piperazine rings is 1. The second-order valence-corrected chi connectivity index (χ2v) is 6.39. The molecular weight excluding hydrogens is 254 g/mol. The quantitative estimate of drug-likeness (QED) is 0.699. The van der Waals surface area contributed by atoms with Crippen molar-refractivity contribution < 1.29 is 9.53 Å². The van der Waals surface area contributed by atoms with Gasteiger partial charge in [0.1, 0.15) is 0 Å². The highest BCUT2D eigenvalue weighted by molar-refractivity contribution is 5.78. The monoisotopic (exact) mass is 283 g/mol. The lowest BCUT2D eigenvalue weighted by atomic mass is 10.1. The van der Waals surface area contributed by atoms with Gasteiger partial charge in [0.2, 0.25) is 5.91 Å². The largest absolute Gasteiger partial charge is 0.385 e. The van der Waals surface area contributed by atoms with Crippen LogP contribution in [0.25, 0.3) is 0 Å². The van der Waals surface area contributed by atoms with Gasteiger partial charge in [-0.3, -0.25) is 9.69 Å². The molecule has 0 saturated carbocycles. The van der Waals surface area contributed by atoms with Crippen LogP contribution < -0.4 is 5.32 Å². The summed E-state index contributed by atoms with van der Waals surface area (Å²) in [5.41, 5.74) is 0. The SMILES string of the molecule is COCCCN1C[C@H]2CC[C@@H](C1)N2CC(=O)NC(C)C. The van der Waals surface area contributed by atoms with E-state index in [1.54, 1.807) is 7.11 Å². The fraction of sp³-hybridized carbons (Fsp3) is 0.933. The van der Waals surface area contributed by atoms with Gasteiger partial charge in [-0.15, -0.1) is 0 Å². The van der Waals surface area contributed by atoms with Crippen molar-refractivity contribution in [2.24, 2.45) is 0 Å². The zero-order valence-electron chi connectivity index (χ0n) is 13.1. The first-order valence-corrected chi connectivity index (χ1v) is 7.86. The second-order valence-electron chi connectivity index (χ2n) is 6.39. The maximum Gasteiger partial charge on any atom is 0.234 e. The summed E-state index contributed by atoms with van der Waals surface area (Å²) >= 11 is 0. The number of nitrogens with one attached hydrogen (secondary N) is 1. The van der Waals surface area contributed by atoms with Crippen LogP contribution in [0.3, 0.4) is 0 Å². The Kier molecular flexibility index (Phi) is 5.81. The standard InChI is InChI=1S/C15H29N3O2/c1-12(2)16-15(19)11-18-13-5-6-14(18)10-17(9-13)7-4-8-20-3/h12-14H,4-11H2,1-3H3,(H,16,19)/t13-,14+. The summed E-state index contributed by atoms with van der Waals surface area (Å²) in [7, 11) is 1.76. The van der Waals surface area contributed by atoms with Crippen LogP contribution >= 0.6 is 0 Å². The van der Waals surface area contributed by atoms with Crippen LogP contribution in [-0.2, 0) is 9.53 Å². The fourth-order valence-corrected chi connectivity index (χ4v) is 3.48. The summed E-state index contributed by atoms with van der Waals surface area (Å²) in [6, 6.07) is 1.36. The Morgan fingerprint density at radius 1 is 1.30 bits per heavy atom. The molecule has 2 aliphatic rings. The molecule has 5 heteroatoms. The molecule has 1 N–H and O–H groups in total. The second kappa shape index (κ2) is 7.38. The van der Waals surface area contributed by atoms with Gasteiger partial charge in [0.05, 0.1) is 6.54 Å².